The summed E-state index contributed by atoms with van der Waals surface area (Å²) >= 11 is 1.72. The van der Waals surface area contributed by atoms with E-state index in [9.17, 15) is 0 Å². The minimum absolute atomic E-state index is 0.289. The number of thioether (sulfide) groups is 1. The highest BCUT2D eigenvalue weighted by molar-refractivity contribution is 8.06. The third-order valence-electron chi connectivity index (χ3n) is 1.09. The number of rotatable bonds is 2. The van der Waals surface area contributed by atoms with Gasteiger partial charge in [0, 0.05) is 11.0 Å². The summed E-state index contributed by atoms with van der Waals surface area (Å²) in [7, 11) is 0. The molecule has 0 amide bonds. The van der Waals surface area contributed by atoms with Crippen LogP contribution in [0.5, 0.6) is 0 Å². The quantitative estimate of drug-likeness (QED) is 0.548. The lowest BCUT2D eigenvalue weighted by atomic mass is 10.2. The van der Waals surface area contributed by atoms with Gasteiger partial charge in [-0.3, -0.25) is 0 Å². The van der Waals surface area contributed by atoms with E-state index in [1.165, 1.54) is 0 Å². The number of hydrogen-bond donors (Lipinski definition) is 1. The van der Waals surface area contributed by atoms with Gasteiger partial charge >= 0.3 is 0 Å². The largest absolute Gasteiger partial charge is 0.391 e. The SMILES string of the molecule is N#CC[C@@H](O)[C@H]1CS1. The summed E-state index contributed by atoms with van der Waals surface area (Å²) in [5, 5.41) is 17.4. The molecule has 0 aromatic rings. The average Bonchev–Trinajstić information content (AvgIpc) is 2.45. The molecule has 1 N–H and O–H groups in total. The molecule has 0 radical (unpaired) electrons. The lowest BCUT2D eigenvalue weighted by Gasteiger charge is -1.97. The molecule has 1 fully saturated rings. The second-order valence-electron chi connectivity index (χ2n) is 1.80. The van der Waals surface area contributed by atoms with Crippen molar-refractivity contribution in [1.29, 1.82) is 5.26 Å². The molecule has 0 aliphatic carbocycles. The Labute approximate surface area is 52.5 Å². The maximum absolute atomic E-state index is 8.95. The van der Waals surface area contributed by atoms with Gasteiger partial charge in [0.05, 0.1) is 18.6 Å². The number of nitrogens with zero attached hydrogens (tertiary/aromatic N) is 1. The summed E-state index contributed by atoms with van der Waals surface area (Å²) in [6.07, 6.45) is -0.0810. The molecule has 0 saturated carbocycles. The minimum Gasteiger partial charge on any atom is -0.391 e. The fourth-order valence-electron chi connectivity index (χ4n) is 0.503. The van der Waals surface area contributed by atoms with E-state index in [-0.39, 0.29) is 12.5 Å². The Morgan fingerprint density at radius 3 is 3.00 bits per heavy atom. The van der Waals surface area contributed by atoms with Gasteiger partial charge in [-0.25, -0.2) is 0 Å². The number of aliphatic hydroxyl groups excluding tert-OH is 1. The van der Waals surface area contributed by atoms with Crippen molar-refractivity contribution in [2.75, 3.05) is 5.75 Å². The van der Waals surface area contributed by atoms with Gasteiger partial charge in [-0.1, -0.05) is 0 Å². The van der Waals surface area contributed by atoms with Crippen LogP contribution in [0.4, 0.5) is 0 Å². The first kappa shape index (κ1) is 5.93. The monoisotopic (exact) mass is 129 g/mol. The van der Waals surface area contributed by atoms with Crippen molar-refractivity contribution < 1.29 is 5.11 Å². The molecular weight excluding hydrogens is 122 g/mol. The van der Waals surface area contributed by atoms with Gasteiger partial charge in [-0.05, 0) is 0 Å². The van der Waals surface area contributed by atoms with Crippen LogP contribution < -0.4 is 0 Å². The van der Waals surface area contributed by atoms with E-state index in [2.05, 4.69) is 0 Å². The zero-order valence-electron chi connectivity index (χ0n) is 4.37. The van der Waals surface area contributed by atoms with Crippen LogP contribution in [-0.2, 0) is 0 Å². The van der Waals surface area contributed by atoms with Crippen molar-refractivity contribution in [1.82, 2.24) is 0 Å². The van der Waals surface area contributed by atoms with Crippen LogP contribution in [0, 0.1) is 11.3 Å². The summed E-state index contributed by atoms with van der Waals surface area (Å²) in [5.41, 5.74) is 0. The molecular formula is C5H7NOS. The molecule has 3 heteroatoms. The van der Waals surface area contributed by atoms with Gasteiger partial charge in [0.2, 0.25) is 0 Å². The number of nitriles is 1. The van der Waals surface area contributed by atoms with Gasteiger partial charge in [0.1, 0.15) is 0 Å². The molecule has 0 bridgehead atoms. The molecule has 1 rings (SSSR count). The van der Waals surface area contributed by atoms with Crippen molar-refractivity contribution in [2.24, 2.45) is 0 Å². The van der Waals surface area contributed by atoms with E-state index in [0.717, 1.165) is 5.75 Å². The molecule has 0 unspecified atom stereocenters. The topological polar surface area (TPSA) is 44.0 Å². The van der Waals surface area contributed by atoms with Crippen molar-refractivity contribution in [3.05, 3.63) is 0 Å². The Kier molecular flexibility index (Phi) is 1.77. The maximum Gasteiger partial charge on any atom is 0.0796 e. The van der Waals surface area contributed by atoms with Crippen molar-refractivity contribution in [2.45, 2.75) is 17.8 Å². The van der Waals surface area contributed by atoms with E-state index in [1.54, 1.807) is 11.8 Å². The van der Waals surface area contributed by atoms with Crippen LogP contribution >= 0.6 is 11.8 Å². The molecule has 0 aromatic heterocycles. The average molecular weight is 129 g/mol. The summed E-state index contributed by atoms with van der Waals surface area (Å²) in [6.45, 7) is 0. The van der Waals surface area contributed by atoms with E-state index in [4.69, 9.17) is 10.4 Å². The van der Waals surface area contributed by atoms with E-state index in [0.29, 0.717) is 5.25 Å². The van der Waals surface area contributed by atoms with Crippen LogP contribution in [0.3, 0.4) is 0 Å². The molecule has 2 atom stereocenters. The number of aliphatic hydroxyl groups is 1. The fourth-order valence-corrected chi connectivity index (χ4v) is 1.15. The molecule has 0 aromatic carbocycles. The van der Waals surface area contributed by atoms with E-state index >= 15 is 0 Å². The van der Waals surface area contributed by atoms with Gasteiger partial charge in [0.15, 0.2) is 0 Å². The molecule has 1 aliphatic rings. The normalized spacial score (nSPS) is 28.8. The summed E-state index contributed by atoms with van der Waals surface area (Å²) < 4.78 is 0. The van der Waals surface area contributed by atoms with E-state index < -0.39 is 0 Å². The Balaban J connectivity index is 2.15. The van der Waals surface area contributed by atoms with Crippen molar-refractivity contribution in [3.8, 4) is 6.07 Å². The molecule has 44 valence electrons. The van der Waals surface area contributed by atoms with Crippen molar-refractivity contribution in [3.63, 3.8) is 0 Å². The first-order valence-corrected chi connectivity index (χ1v) is 3.56. The highest BCUT2D eigenvalue weighted by Crippen LogP contribution is 2.33. The van der Waals surface area contributed by atoms with Crippen LogP contribution in [0.2, 0.25) is 0 Å². The van der Waals surface area contributed by atoms with Crippen LogP contribution in [0.25, 0.3) is 0 Å². The highest BCUT2D eigenvalue weighted by atomic mass is 32.2. The number of hydrogen-bond acceptors (Lipinski definition) is 3. The smallest absolute Gasteiger partial charge is 0.0796 e. The summed E-state index contributed by atoms with van der Waals surface area (Å²) in [6, 6.07) is 1.93. The van der Waals surface area contributed by atoms with Crippen LogP contribution in [0.15, 0.2) is 0 Å². The van der Waals surface area contributed by atoms with Crippen LogP contribution in [0.1, 0.15) is 6.42 Å². The zero-order chi connectivity index (χ0) is 5.98. The Hall–Kier alpha value is -0.200. The molecule has 0 spiro atoms. The Bertz CT molecular complexity index is 116. The molecule has 2 nitrogen and oxygen atoms in total. The molecule has 1 heterocycles. The standard InChI is InChI=1S/C5H7NOS/c6-2-1-4(7)5-3-8-5/h4-5,7H,1,3H2/t4-,5-/m1/s1. The fraction of sp³-hybridized carbons (Fsp3) is 0.800. The summed E-state index contributed by atoms with van der Waals surface area (Å²) in [4.78, 5) is 0. The summed E-state index contributed by atoms with van der Waals surface area (Å²) in [5.74, 6) is 1.03. The van der Waals surface area contributed by atoms with E-state index in [1.807, 2.05) is 6.07 Å². The second kappa shape index (κ2) is 2.38. The van der Waals surface area contributed by atoms with Gasteiger partial charge in [-0.15, -0.1) is 0 Å². The highest BCUT2D eigenvalue weighted by Gasteiger charge is 2.30. The first-order chi connectivity index (χ1) is 3.84. The second-order valence-corrected chi connectivity index (χ2v) is 3.07. The maximum atomic E-state index is 8.95. The van der Waals surface area contributed by atoms with Gasteiger partial charge < -0.3 is 5.11 Å². The minimum atomic E-state index is -0.370. The van der Waals surface area contributed by atoms with Crippen LogP contribution in [-0.4, -0.2) is 22.2 Å². The third kappa shape index (κ3) is 1.39. The van der Waals surface area contributed by atoms with Gasteiger partial charge in [-0.2, -0.15) is 17.0 Å². The lowest BCUT2D eigenvalue weighted by Crippen LogP contribution is -2.11. The van der Waals surface area contributed by atoms with Gasteiger partial charge in [0.25, 0.3) is 0 Å². The third-order valence-corrected chi connectivity index (χ3v) is 2.12. The Morgan fingerprint density at radius 1 is 2.00 bits per heavy atom. The molecule has 8 heavy (non-hydrogen) atoms. The zero-order valence-corrected chi connectivity index (χ0v) is 5.19. The first-order valence-electron chi connectivity index (χ1n) is 2.51. The van der Waals surface area contributed by atoms with Crippen molar-refractivity contribution >= 4 is 11.8 Å². The predicted octanol–water partition coefficient (Wildman–Crippen LogP) is 0.376. The lowest BCUT2D eigenvalue weighted by molar-refractivity contribution is 0.189. The molecule has 1 saturated heterocycles. The Morgan fingerprint density at radius 2 is 2.62 bits per heavy atom. The predicted molar refractivity (Wildman–Crippen MR) is 32.5 cm³/mol. The molecule has 1 aliphatic heterocycles.